The Hall–Kier alpha value is -1.36. The van der Waals surface area contributed by atoms with Gasteiger partial charge in [-0.25, -0.2) is 4.79 Å². The quantitative estimate of drug-likeness (QED) is 0.402. The summed E-state index contributed by atoms with van der Waals surface area (Å²) in [4.78, 5) is 18.4. The van der Waals surface area contributed by atoms with Crippen LogP contribution in [0.25, 0.3) is 10.2 Å². The highest BCUT2D eigenvalue weighted by Crippen LogP contribution is 2.25. The number of rotatable bonds is 13. The van der Waals surface area contributed by atoms with Gasteiger partial charge in [-0.1, -0.05) is 65.2 Å². The summed E-state index contributed by atoms with van der Waals surface area (Å²) in [6.45, 7) is 4.98. The molecule has 5 heteroatoms. The van der Waals surface area contributed by atoms with E-state index in [4.69, 9.17) is 9.15 Å². The Morgan fingerprint density at radius 2 is 1.68 bits per heavy atom. The molecule has 25 heavy (non-hydrogen) atoms. The average molecular weight is 366 g/mol. The summed E-state index contributed by atoms with van der Waals surface area (Å²) in [5.74, 6) is 0. The van der Waals surface area contributed by atoms with E-state index in [1.807, 2.05) is 6.07 Å². The molecule has 2 aromatic heterocycles. The number of ether oxygens (including phenoxy) is 1. The number of hydrogen-bond donors (Lipinski definition) is 0. The van der Waals surface area contributed by atoms with Crippen LogP contribution in [0.1, 0.15) is 82.9 Å². The maximum atomic E-state index is 12.1. The predicted octanol–water partition coefficient (Wildman–Crippen LogP) is 6.11. The van der Waals surface area contributed by atoms with Crippen LogP contribution in [0.3, 0.4) is 0 Å². The van der Waals surface area contributed by atoms with E-state index in [0.29, 0.717) is 12.0 Å². The Morgan fingerprint density at radius 1 is 1.00 bits per heavy atom. The Kier molecular flexibility index (Phi) is 9.02. The Bertz CT molecular complexity index is 677. The van der Waals surface area contributed by atoms with Crippen molar-refractivity contribution in [3.63, 3.8) is 0 Å². The highest BCUT2D eigenvalue weighted by Gasteiger charge is 2.11. The normalized spacial score (nSPS) is 11.3. The van der Waals surface area contributed by atoms with Crippen LogP contribution < -0.4 is 10.4 Å². The molecule has 0 fully saturated rings. The second kappa shape index (κ2) is 11.3. The van der Waals surface area contributed by atoms with Gasteiger partial charge >= 0.3 is 11.7 Å². The largest absolute Gasteiger partial charge is 0.450 e. The Labute approximate surface area is 154 Å². The fourth-order valence-corrected chi connectivity index (χ4v) is 3.90. The van der Waals surface area contributed by atoms with Crippen molar-refractivity contribution in [2.24, 2.45) is 0 Å². The van der Waals surface area contributed by atoms with Gasteiger partial charge < -0.3 is 9.15 Å². The van der Waals surface area contributed by atoms with Gasteiger partial charge in [0.15, 0.2) is 0 Å². The molecule has 4 nitrogen and oxygen atoms in total. The number of aromatic nitrogens is 1. The van der Waals surface area contributed by atoms with Crippen molar-refractivity contribution in [2.45, 2.75) is 84.5 Å². The van der Waals surface area contributed by atoms with E-state index in [1.54, 1.807) is 11.3 Å². The Morgan fingerprint density at radius 3 is 2.44 bits per heavy atom. The summed E-state index contributed by atoms with van der Waals surface area (Å²) in [6, 6.07) is 1.93. The van der Waals surface area contributed by atoms with Crippen molar-refractivity contribution in [2.75, 3.05) is 6.61 Å². The van der Waals surface area contributed by atoms with E-state index < -0.39 is 0 Å². The molecule has 0 amide bonds. The van der Waals surface area contributed by atoms with Crippen LogP contribution in [0, 0.1) is 0 Å². The van der Waals surface area contributed by atoms with Crippen molar-refractivity contribution in [1.82, 2.24) is 4.98 Å². The molecule has 0 unspecified atom stereocenters. The molecule has 0 aliphatic rings. The van der Waals surface area contributed by atoms with E-state index in [0.717, 1.165) is 30.5 Å². The zero-order chi connectivity index (χ0) is 17.9. The smallest absolute Gasteiger partial charge is 0.397 e. The highest BCUT2D eigenvalue weighted by atomic mass is 32.1. The molecule has 0 saturated heterocycles. The number of unbranched alkanes of at least 4 members (excludes halogenated alkanes) is 8. The van der Waals surface area contributed by atoms with Gasteiger partial charge in [0.25, 0.3) is 0 Å². The maximum absolute atomic E-state index is 12.1. The molecule has 0 bridgehead atoms. The van der Waals surface area contributed by atoms with E-state index in [-0.39, 0.29) is 11.7 Å². The van der Waals surface area contributed by atoms with Crippen LogP contribution in [0.5, 0.6) is 6.08 Å². The van der Waals surface area contributed by atoms with Gasteiger partial charge in [0.1, 0.15) is 4.83 Å². The minimum Gasteiger partial charge on any atom is -0.450 e. The molecule has 0 N–H and O–H groups in total. The van der Waals surface area contributed by atoms with Gasteiger partial charge in [-0.05, 0) is 25.3 Å². The first kappa shape index (κ1) is 20.0. The van der Waals surface area contributed by atoms with E-state index >= 15 is 0 Å². The summed E-state index contributed by atoms with van der Waals surface area (Å²) in [5.41, 5.74) is -0.334. The van der Waals surface area contributed by atoms with E-state index in [2.05, 4.69) is 18.8 Å². The molecule has 2 heterocycles. The minimum atomic E-state index is -0.334. The maximum Gasteiger partial charge on any atom is 0.397 e. The summed E-state index contributed by atoms with van der Waals surface area (Å²) < 4.78 is 10.8. The number of thiophene rings is 1. The number of fused-ring (bicyclic) bond motifs is 1. The van der Waals surface area contributed by atoms with Crippen LogP contribution in [0.4, 0.5) is 0 Å². The molecule has 0 saturated carbocycles. The van der Waals surface area contributed by atoms with Crippen LogP contribution in [-0.2, 0) is 6.42 Å². The van der Waals surface area contributed by atoms with Crippen LogP contribution in [-0.4, -0.2) is 11.6 Å². The highest BCUT2D eigenvalue weighted by molar-refractivity contribution is 7.18. The van der Waals surface area contributed by atoms with Gasteiger partial charge in [-0.15, -0.1) is 11.3 Å². The SMILES string of the molecule is CCCCCCCCOc1nc2sc(CCCCCC)cc2c(=O)o1. The lowest BCUT2D eigenvalue weighted by Gasteiger charge is -2.03. The molecule has 0 atom stereocenters. The van der Waals surface area contributed by atoms with Gasteiger partial charge in [-0.2, -0.15) is 4.98 Å². The fraction of sp³-hybridized carbons (Fsp3) is 0.700. The minimum absolute atomic E-state index is 0.116. The van der Waals surface area contributed by atoms with Gasteiger partial charge in [0.2, 0.25) is 0 Å². The van der Waals surface area contributed by atoms with Crippen LogP contribution in [0.2, 0.25) is 0 Å². The second-order valence-corrected chi connectivity index (χ2v) is 7.74. The summed E-state index contributed by atoms with van der Waals surface area (Å²) in [6.07, 6.45) is 13.2. The first-order chi connectivity index (χ1) is 12.2. The summed E-state index contributed by atoms with van der Waals surface area (Å²) >= 11 is 1.59. The van der Waals surface area contributed by atoms with Crippen molar-refractivity contribution >= 4 is 21.6 Å². The third-order valence-electron chi connectivity index (χ3n) is 4.36. The number of aryl methyl sites for hydroxylation is 1. The number of hydrogen-bond acceptors (Lipinski definition) is 5. The van der Waals surface area contributed by atoms with Crippen LogP contribution >= 0.6 is 11.3 Å². The van der Waals surface area contributed by atoms with Crippen molar-refractivity contribution < 1.29 is 9.15 Å². The fourth-order valence-electron chi connectivity index (χ4n) is 2.85. The first-order valence-corrected chi connectivity index (χ1v) is 10.6. The average Bonchev–Trinajstić information content (AvgIpc) is 3.01. The first-order valence-electron chi connectivity index (χ1n) is 9.81. The molecule has 0 aliphatic heterocycles. The zero-order valence-electron chi connectivity index (χ0n) is 15.6. The molecule has 0 aromatic carbocycles. The lowest BCUT2D eigenvalue weighted by Crippen LogP contribution is -2.05. The second-order valence-electron chi connectivity index (χ2n) is 6.63. The van der Waals surface area contributed by atoms with Gasteiger partial charge in [0.05, 0.1) is 12.0 Å². The molecular formula is C20H31NO3S. The van der Waals surface area contributed by atoms with Crippen LogP contribution in [0.15, 0.2) is 15.3 Å². The molecule has 2 aromatic rings. The predicted molar refractivity (Wildman–Crippen MR) is 105 cm³/mol. The molecule has 2 rings (SSSR count). The third kappa shape index (κ3) is 6.81. The Balaban J connectivity index is 1.84. The van der Waals surface area contributed by atoms with E-state index in [9.17, 15) is 4.79 Å². The topological polar surface area (TPSA) is 52.3 Å². The van der Waals surface area contributed by atoms with Crippen molar-refractivity contribution in [3.05, 3.63) is 21.4 Å². The lowest BCUT2D eigenvalue weighted by molar-refractivity contribution is 0.211. The molecule has 0 aliphatic carbocycles. The van der Waals surface area contributed by atoms with E-state index in [1.165, 1.54) is 49.8 Å². The monoisotopic (exact) mass is 365 g/mol. The standard InChI is InChI=1S/C20H31NO3S/c1-3-5-7-9-10-12-14-23-20-21-18-17(19(22)24-20)15-16(25-18)13-11-8-6-4-2/h15H,3-14H2,1-2H3. The lowest BCUT2D eigenvalue weighted by atomic mass is 10.1. The molecule has 140 valence electrons. The molecule has 0 radical (unpaired) electrons. The van der Waals surface area contributed by atoms with Gasteiger partial charge in [-0.3, -0.25) is 0 Å². The zero-order valence-corrected chi connectivity index (χ0v) is 16.5. The van der Waals surface area contributed by atoms with Gasteiger partial charge in [0, 0.05) is 4.88 Å². The summed E-state index contributed by atoms with van der Waals surface area (Å²) in [5, 5.41) is 0.586. The van der Waals surface area contributed by atoms with Crippen molar-refractivity contribution in [3.8, 4) is 6.08 Å². The number of nitrogens with zero attached hydrogens (tertiary/aromatic N) is 1. The third-order valence-corrected chi connectivity index (χ3v) is 5.45. The molecule has 0 spiro atoms. The summed E-state index contributed by atoms with van der Waals surface area (Å²) in [7, 11) is 0. The van der Waals surface area contributed by atoms with Crippen molar-refractivity contribution in [1.29, 1.82) is 0 Å². The molecular weight excluding hydrogens is 334 g/mol.